The normalized spacial score (nSPS) is 35.1. The molecular weight excluding hydrogens is 242 g/mol. The van der Waals surface area contributed by atoms with Gasteiger partial charge in [-0.05, 0) is 57.3 Å². The van der Waals surface area contributed by atoms with Gasteiger partial charge in [0, 0.05) is 19.7 Å². The summed E-state index contributed by atoms with van der Waals surface area (Å²) in [5, 5.41) is 9.56. The van der Waals surface area contributed by atoms with E-state index < -0.39 is 5.60 Å². The van der Waals surface area contributed by atoms with Crippen LogP contribution in [0.1, 0.15) is 40.5 Å². The predicted octanol–water partition coefficient (Wildman–Crippen LogP) is 2.51. The standard InChI is InChI=1S/C15H27NO3/c1-10-5-11-7-16(14(18)19-15(2,3)4)8-12(6-10)13(11)9-17/h10-13,17H,5-9H2,1-4H3. The van der Waals surface area contributed by atoms with E-state index in [2.05, 4.69) is 6.92 Å². The van der Waals surface area contributed by atoms with Gasteiger partial charge in [-0.2, -0.15) is 0 Å². The van der Waals surface area contributed by atoms with E-state index in [1.807, 2.05) is 25.7 Å². The molecule has 2 aliphatic rings. The van der Waals surface area contributed by atoms with Crippen LogP contribution in [-0.2, 0) is 4.74 Å². The van der Waals surface area contributed by atoms with Crippen molar-refractivity contribution in [1.82, 2.24) is 4.90 Å². The molecule has 19 heavy (non-hydrogen) atoms. The Hall–Kier alpha value is -0.770. The molecule has 1 N–H and O–H groups in total. The number of nitrogens with zero attached hydrogens (tertiary/aromatic N) is 1. The smallest absolute Gasteiger partial charge is 0.410 e. The van der Waals surface area contributed by atoms with Crippen molar-refractivity contribution in [3.8, 4) is 0 Å². The van der Waals surface area contributed by atoms with E-state index in [1.165, 1.54) is 0 Å². The summed E-state index contributed by atoms with van der Waals surface area (Å²) in [6.07, 6.45) is 2.02. The monoisotopic (exact) mass is 269 g/mol. The minimum atomic E-state index is -0.437. The summed E-state index contributed by atoms with van der Waals surface area (Å²) in [6.45, 7) is 9.69. The minimum absolute atomic E-state index is 0.201. The zero-order valence-electron chi connectivity index (χ0n) is 12.6. The Morgan fingerprint density at radius 2 is 1.79 bits per heavy atom. The number of rotatable bonds is 1. The van der Waals surface area contributed by atoms with Crippen LogP contribution in [0, 0.1) is 23.7 Å². The number of aliphatic hydroxyl groups is 1. The number of fused-ring (bicyclic) bond motifs is 2. The molecule has 0 aromatic heterocycles. The number of likely N-dealkylation sites (tertiary alicyclic amines) is 1. The summed E-state index contributed by atoms with van der Waals surface area (Å²) in [7, 11) is 0. The number of amides is 1. The van der Waals surface area contributed by atoms with Crippen LogP contribution >= 0.6 is 0 Å². The molecule has 1 heterocycles. The fraction of sp³-hybridized carbons (Fsp3) is 0.933. The van der Waals surface area contributed by atoms with Crippen molar-refractivity contribution in [3.63, 3.8) is 0 Å². The van der Waals surface area contributed by atoms with Crippen molar-refractivity contribution in [2.24, 2.45) is 23.7 Å². The highest BCUT2D eigenvalue weighted by Gasteiger charge is 2.43. The van der Waals surface area contributed by atoms with E-state index in [9.17, 15) is 9.90 Å². The molecule has 0 aromatic rings. The van der Waals surface area contributed by atoms with Gasteiger partial charge < -0.3 is 14.7 Å². The van der Waals surface area contributed by atoms with E-state index in [-0.39, 0.29) is 12.7 Å². The first-order chi connectivity index (χ1) is 8.80. The summed E-state index contributed by atoms with van der Waals surface area (Å²) in [6, 6.07) is 0. The third-order valence-electron chi connectivity index (χ3n) is 4.39. The fourth-order valence-electron chi connectivity index (χ4n) is 3.70. The van der Waals surface area contributed by atoms with Crippen molar-refractivity contribution >= 4 is 6.09 Å². The maximum Gasteiger partial charge on any atom is 0.410 e. The predicted molar refractivity (Wildman–Crippen MR) is 73.8 cm³/mol. The molecule has 2 fully saturated rings. The Bertz CT molecular complexity index is 321. The molecule has 2 bridgehead atoms. The Morgan fingerprint density at radius 3 is 2.21 bits per heavy atom. The minimum Gasteiger partial charge on any atom is -0.444 e. The molecule has 0 spiro atoms. The number of hydrogen-bond acceptors (Lipinski definition) is 3. The van der Waals surface area contributed by atoms with Crippen LogP contribution in [-0.4, -0.2) is 41.4 Å². The second-order valence-corrected chi connectivity index (χ2v) is 7.33. The van der Waals surface area contributed by atoms with Crippen LogP contribution in [0.4, 0.5) is 4.79 Å². The average Bonchev–Trinajstić information content (AvgIpc) is 2.24. The van der Waals surface area contributed by atoms with E-state index in [0.717, 1.165) is 25.9 Å². The molecular formula is C15H27NO3. The van der Waals surface area contributed by atoms with Gasteiger partial charge in [-0.25, -0.2) is 4.79 Å². The summed E-state index contributed by atoms with van der Waals surface area (Å²) in [5.74, 6) is 1.94. The topological polar surface area (TPSA) is 49.8 Å². The lowest BCUT2D eigenvalue weighted by molar-refractivity contribution is -0.0388. The molecule has 2 rings (SSSR count). The molecule has 1 aliphatic heterocycles. The van der Waals surface area contributed by atoms with Crippen LogP contribution in [0.2, 0.25) is 0 Å². The van der Waals surface area contributed by atoms with Crippen molar-refractivity contribution < 1.29 is 14.6 Å². The number of hydrogen-bond donors (Lipinski definition) is 1. The van der Waals surface area contributed by atoms with Crippen molar-refractivity contribution in [3.05, 3.63) is 0 Å². The summed E-state index contributed by atoms with van der Waals surface area (Å²) in [4.78, 5) is 14.0. The van der Waals surface area contributed by atoms with Gasteiger partial charge in [0.05, 0.1) is 0 Å². The Labute approximate surface area is 116 Å². The first kappa shape index (κ1) is 14.6. The van der Waals surface area contributed by atoms with E-state index in [4.69, 9.17) is 4.74 Å². The third-order valence-corrected chi connectivity index (χ3v) is 4.39. The van der Waals surface area contributed by atoms with Crippen LogP contribution in [0.15, 0.2) is 0 Å². The Morgan fingerprint density at radius 1 is 1.26 bits per heavy atom. The maximum absolute atomic E-state index is 12.2. The number of carbonyl (C=O) groups is 1. The summed E-state index contributed by atoms with van der Waals surface area (Å²) < 4.78 is 5.46. The first-order valence-corrected chi connectivity index (χ1v) is 7.39. The van der Waals surface area contributed by atoms with Gasteiger partial charge in [-0.15, -0.1) is 0 Å². The molecule has 1 saturated carbocycles. The number of piperidine rings is 1. The lowest BCUT2D eigenvalue weighted by Gasteiger charge is -2.48. The largest absolute Gasteiger partial charge is 0.444 e. The molecule has 1 amide bonds. The molecule has 2 unspecified atom stereocenters. The number of carbonyl (C=O) groups excluding carboxylic acids is 1. The fourth-order valence-corrected chi connectivity index (χ4v) is 3.70. The van der Waals surface area contributed by atoms with Gasteiger partial charge >= 0.3 is 6.09 Å². The highest BCUT2D eigenvalue weighted by atomic mass is 16.6. The van der Waals surface area contributed by atoms with Crippen LogP contribution in [0.25, 0.3) is 0 Å². The zero-order valence-corrected chi connectivity index (χ0v) is 12.6. The second-order valence-electron chi connectivity index (χ2n) is 7.33. The van der Waals surface area contributed by atoms with Gasteiger partial charge in [0.1, 0.15) is 5.60 Å². The highest BCUT2D eigenvalue weighted by molar-refractivity contribution is 5.68. The first-order valence-electron chi connectivity index (χ1n) is 7.39. The molecule has 4 heteroatoms. The molecule has 0 radical (unpaired) electrons. The van der Waals surface area contributed by atoms with Gasteiger partial charge in [0.2, 0.25) is 0 Å². The quantitative estimate of drug-likeness (QED) is 0.795. The molecule has 4 nitrogen and oxygen atoms in total. The lowest BCUT2D eigenvalue weighted by atomic mass is 9.66. The lowest BCUT2D eigenvalue weighted by Crippen LogP contribution is -2.53. The van der Waals surface area contributed by atoms with Gasteiger partial charge in [-0.3, -0.25) is 0 Å². The van der Waals surface area contributed by atoms with Crippen molar-refractivity contribution in [1.29, 1.82) is 0 Å². The highest BCUT2D eigenvalue weighted by Crippen LogP contribution is 2.42. The summed E-state index contributed by atoms with van der Waals surface area (Å²) in [5.41, 5.74) is -0.437. The van der Waals surface area contributed by atoms with Crippen molar-refractivity contribution in [2.45, 2.75) is 46.1 Å². The second kappa shape index (κ2) is 5.31. The Balaban J connectivity index is 2.02. The van der Waals surface area contributed by atoms with Crippen molar-refractivity contribution in [2.75, 3.05) is 19.7 Å². The van der Waals surface area contributed by atoms with Crippen LogP contribution in [0.5, 0.6) is 0 Å². The van der Waals surface area contributed by atoms with Gasteiger partial charge in [0.25, 0.3) is 0 Å². The SMILES string of the molecule is CC1CC2CN(C(=O)OC(C)(C)C)CC(C1)C2CO. The average molecular weight is 269 g/mol. The van der Waals surface area contributed by atoms with Crippen LogP contribution < -0.4 is 0 Å². The number of aliphatic hydroxyl groups excluding tert-OH is 1. The van der Waals surface area contributed by atoms with Gasteiger partial charge in [-0.1, -0.05) is 6.92 Å². The third kappa shape index (κ3) is 3.41. The van der Waals surface area contributed by atoms with E-state index in [0.29, 0.717) is 23.7 Å². The summed E-state index contributed by atoms with van der Waals surface area (Å²) >= 11 is 0. The van der Waals surface area contributed by atoms with Crippen LogP contribution in [0.3, 0.4) is 0 Å². The zero-order chi connectivity index (χ0) is 14.2. The molecule has 110 valence electrons. The number of ether oxygens (including phenoxy) is 1. The molecule has 1 aliphatic carbocycles. The molecule has 2 atom stereocenters. The Kier molecular flexibility index (Phi) is 4.09. The molecule has 1 saturated heterocycles. The van der Waals surface area contributed by atoms with E-state index in [1.54, 1.807) is 0 Å². The van der Waals surface area contributed by atoms with E-state index >= 15 is 0 Å². The maximum atomic E-state index is 12.2. The molecule has 0 aromatic carbocycles. The van der Waals surface area contributed by atoms with Gasteiger partial charge in [0.15, 0.2) is 0 Å².